The summed E-state index contributed by atoms with van der Waals surface area (Å²) in [4.78, 5) is 30.4. The number of aryl methyl sites for hydroxylation is 3. The number of esters is 1. The van der Waals surface area contributed by atoms with Gasteiger partial charge in [0.15, 0.2) is 12.4 Å². The normalized spacial score (nSPS) is 15.0. The number of ether oxygens (including phenoxy) is 1. The number of rotatable bonds is 4. The Morgan fingerprint density at radius 1 is 0.897 bits per heavy atom. The molecule has 0 bridgehead atoms. The van der Waals surface area contributed by atoms with E-state index >= 15 is 0 Å². The SMILES string of the molecule is O=C(COC(=O)c1c2c(nc3ccccc13)CCC2)c1ccc2c(c1)CCCC2. The van der Waals surface area contributed by atoms with Crippen molar-refractivity contribution in [2.45, 2.75) is 44.9 Å². The van der Waals surface area contributed by atoms with Crippen molar-refractivity contribution >= 4 is 22.7 Å². The molecule has 0 spiro atoms. The molecule has 0 unspecified atom stereocenters. The van der Waals surface area contributed by atoms with E-state index in [2.05, 4.69) is 0 Å². The van der Waals surface area contributed by atoms with Gasteiger partial charge in [0.1, 0.15) is 0 Å². The number of hydrogen-bond donors (Lipinski definition) is 0. The van der Waals surface area contributed by atoms with Gasteiger partial charge in [-0.25, -0.2) is 4.79 Å². The average molecular weight is 385 g/mol. The second kappa shape index (κ2) is 7.43. The van der Waals surface area contributed by atoms with E-state index in [0.29, 0.717) is 11.1 Å². The van der Waals surface area contributed by atoms with Crippen LogP contribution in [0.3, 0.4) is 0 Å². The molecule has 2 aliphatic rings. The first-order chi connectivity index (χ1) is 14.2. The third-order valence-electron chi connectivity index (χ3n) is 6.13. The Hall–Kier alpha value is -3.01. The van der Waals surface area contributed by atoms with Crippen LogP contribution in [-0.4, -0.2) is 23.3 Å². The lowest BCUT2D eigenvalue weighted by Crippen LogP contribution is -2.17. The number of fused-ring (bicyclic) bond motifs is 3. The van der Waals surface area contributed by atoms with E-state index in [1.807, 2.05) is 42.5 Å². The van der Waals surface area contributed by atoms with E-state index < -0.39 is 5.97 Å². The zero-order chi connectivity index (χ0) is 19.8. The van der Waals surface area contributed by atoms with Gasteiger partial charge < -0.3 is 4.74 Å². The molecular weight excluding hydrogens is 362 g/mol. The summed E-state index contributed by atoms with van der Waals surface area (Å²) in [6.07, 6.45) is 7.18. The second-order valence-corrected chi connectivity index (χ2v) is 7.97. The molecule has 2 aromatic carbocycles. The van der Waals surface area contributed by atoms with Crippen molar-refractivity contribution in [2.75, 3.05) is 6.61 Å². The Balaban J connectivity index is 1.38. The Morgan fingerprint density at radius 2 is 1.72 bits per heavy atom. The van der Waals surface area contributed by atoms with Crippen molar-refractivity contribution in [3.05, 3.63) is 76.0 Å². The minimum Gasteiger partial charge on any atom is -0.454 e. The predicted octanol–water partition coefficient (Wildman–Crippen LogP) is 4.64. The molecule has 4 nitrogen and oxygen atoms in total. The lowest BCUT2D eigenvalue weighted by Gasteiger charge is -2.16. The molecule has 0 N–H and O–H groups in total. The van der Waals surface area contributed by atoms with E-state index in [1.165, 1.54) is 24.0 Å². The third-order valence-corrected chi connectivity index (χ3v) is 6.13. The van der Waals surface area contributed by atoms with E-state index in [-0.39, 0.29) is 12.4 Å². The van der Waals surface area contributed by atoms with Crippen molar-refractivity contribution in [3.8, 4) is 0 Å². The van der Waals surface area contributed by atoms with Gasteiger partial charge in [0.25, 0.3) is 0 Å². The highest BCUT2D eigenvalue weighted by Crippen LogP contribution is 2.30. The molecular formula is C25H23NO3. The second-order valence-electron chi connectivity index (χ2n) is 7.97. The van der Waals surface area contributed by atoms with Crippen LogP contribution in [-0.2, 0) is 30.4 Å². The molecule has 3 aromatic rings. The van der Waals surface area contributed by atoms with Gasteiger partial charge in [-0.2, -0.15) is 0 Å². The Morgan fingerprint density at radius 3 is 2.62 bits per heavy atom. The van der Waals surface area contributed by atoms with Crippen LogP contribution in [0.15, 0.2) is 42.5 Å². The fourth-order valence-electron chi connectivity index (χ4n) is 4.64. The number of aromatic nitrogens is 1. The standard InChI is InChI=1S/C25H23NO3/c27-23(18-13-12-16-6-1-2-7-17(16)14-18)15-29-25(28)24-19-8-3-4-10-21(19)26-22-11-5-9-20(22)24/h3-4,8,10,12-14H,1-2,5-7,9,11,15H2. The van der Waals surface area contributed by atoms with Gasteiger partial charge in [0, 0.05) is 16.6 Å². The number of nitrogens with zero attached hydrogens (tertiary/aromatic N) is 1. The van der Waals surface area contributed by atoms with Crippen LogP contribution in [0.25, 0.3) is 10.9 Å². The number of Topliss-reactive ketones (excluding diaryl/α,β-unsaturated/α-hetero) is 1. The summed E-state index contributed by atoms with van der Waals surface area (Å²) in [6, 6.07) is 13.5. The van der Waals surface area contributed by atoms with Crippen LogP contribution in [0.4, 0.5) is 0 Å². The van der Waals surface area contributed by atoms with Crippen molar-refractivity contribution in [2.24, 2.45) is 0 Å². The maximum absolute atomic E-state index is 13.0. The van der Waals surface area contributed by atoms with Crippen LogP contribution in [0.5, 0.6) is 0 Å². The van der Waals surface area contributed by atoms with E-state index in [9.17, 15) is 9.59 Å². The highest BCUT2D eigenvalue weighted by Gasteiger charge is 2.25. The molecule has 1 heterocycles. The minimum absolute atomic E-state index is 0.151. The molecule has 0 amide bonds. The predicted molar refractivity (Wildman–Crippen MR) is 111 cm³/mol. The van der Waals surface area contributed by atoms with Crippen LogP contribution >= 0.6 is 0 Å². The lowest BCUT2D eigenvalue weighted by molar-refractivity contribution is 0.0475. The van der Waals surface area contributed by atoms with Gasteiger partial charge in [0.2, 0.25) is 0 Å². The molecule has 0 radical (unpaired) electrons. The molecule has 0 fully saturated rings. The topological polar surface area (TPSA) is 56.3 Å². The van der Waals surface area contributed by atoms with Crippen molar-refractivity contribution in [1.82, 2.24) is 4.98 Å². The number of hydrogen-bond acceptors (Lipinski definition) is 4. The summed E-state index contributed by atoms with van der Waals surface area (Å²) < 4.78 is 5.51. The maximum Gasteiger partial charge on any atom is 0.339 e. The number of carbonyl (C=O) groups excluding carboxylic acids is 2. The quantitative estimate of drug-likeness (QED) is 0.485. The molecule has 2 aliphatic carbocycles. The number of carbonyl (C=O) groups is 2. The average Bonchev–Trinajstić information content (AvgIpc) is 3.23. The largest absolute Gasteiger partial charge is 0.454 e. The number of benzene rings is 2. The van der Waals surface area contributed by atoms with E-state index in [1.54, 1.807) is 0 Å². The third kappa shape index (κ3) is 3.33. The highest BCUT2D eigenvalue weighted by atomic mass is 16.5. The van der Waals surface area contributed by atoms with Crippen molar-refractivity contribution < 1.29 is 14.3 Å². The van der Waals surface area contributed by atoms with Gasteiger partial charge in [-0.15, -0.1) is 0 Å². The van der Waals surface area contributed by atoms with Crippen molar-refractivity contribution in [3.63, 3.8) is 0 Å². The number of pyridine rings is 1. The summed E-state index contributed by atoms with van der Waals surface area (Å²) in [5.74, 6) is -0.574. The van der Waals surface area contributed by atoms with Crippen LogP contribution < -0.4 is 0 Å². The number of ketones is 1. The molecule has 146 valence electrons. The molecule has 29 heavy (non-hydrogen) atoms. The first-order valence-corrected chi connectivity index (χ1v) is 10.4. The van der Waals surface area contributed by atoms with Gasteiger partial charge in [-0.1, -0.05) is 30.3 Å². The molecule has 0 atom stereocenters. The smallest absolute Gasteiger partial charge is 0.339 e. The van der Waals surface area contributed by atoms with Crippen LogP contribution in [0.2, 0.25) is 0 Å². The summed E-state index contributed by atoms with van der Waals surface area (Å²) in [6.45, 7) is -0.233. The van der Waals surface area contributed by atoms with Gasteiger partial charge in [-0.3, -0.25) is 9.78 Å². The minimum atomic E-state index is -0.423. The summed E-state index contributed by atoms with van der Waals surface area (Å²) in [7, 11) is 0. The highest BCUT2D eigenvalue weighted by molar-refractivity contribution is 6.06. The first-order valence-electron chi connectivity index (χ1n) is 10.4. The van der Waals surface area contributed by atoms with Crippen molar-refractivity contribution in [1.29, 1.82) is 0 Å². The summed E-state index contributed by atoms with van der Waals surface area (Å²) >= 11 is 0. The number of para-hydroxylation sites is 1. The first kappa shape index (κ1) is 18.0. The zero-order valence-corrected chi connectivity index (χ0v) is 16.4. The van der Waals surface area contributed by atoms with E-state index in [0.717, 1.165) is 54.3 Å². The van der Waals surface area contributed by atoms with Crippen LogP contribution in [0, 0.1) is 0 Å². The fourth-order valence-corrected chi connectivity index (χ4v) is 4.64. The lowest BCUT2D eigenvalue weighted by atomic mass is 9.90. The maximum atomic E-state index is 13.0. The van der Waals surface area contributed by atoms with E-state index in [4.69, 9.17) is 9.72 Å². The molecule has 0 aliphatic heterocycles. The molecule has 5 rings (SSSR count). The zero-order valence-electron chi connectivity index (χ0n) is 16.4. The Kier molecular flexibility index (Phi) is 4.62. The van der Waals surface area contributed by atoms with Gasteiger partial charge in [0.05, 0.1) is 11.1 Å². The Labute approximate surface area is 169 Å². The summed E-state index contributed by atoms with van der Waals surface area (Å²) in [5.41, 5.74) is 6.58. The Bertz CT molecular complexity index is 1130. The molecule has 1 aromatic heterocycles. The molecule has 0 saturated carbocycles. The van der Waals surface area contributed by atoms with Crippen LogP contribution in [0.1, 0.15) is 62.4 Å². The van der Waals surface area contributed by atoms with Gasteiger partial charge >= 0.3 is 5.97 Å². The molecule has 0 saturated heterocycles. The van der Waals surface area contributed by atoms with Gasteiger partial charge in [-0.05, 0) is 73.8 Å². The summed E-state index contributed by atoms with van der Waals surface area (Å²) in [5, 5.41) is 0.805. The molecule has 4 heteroatoms. The fraction of sp³-hybridized carbons (Fsp3) is 0.320. The monoisotopic (exact) mass is 385 g/mol.